The summed E-state index contributed by atoms with van der Waals surface area (Å²) >= 11 is 0. The van der Waals surface area contributed by atoms with Crippen molar-refractivity contribution < 1.29 is 19.4 Å². The fraction of sp³-hybridized carbons (Fsp3) is 0.290. The number of amides is 1. The third-order valence-corrected chi connectivity index (χ3v) is 7.30. The van der Waals surface area contributed by atoms with Gasteiger partial charge in [-0.3, -0.25) is 4.79 Å². The van der Waals surface area contributed by atoms with Gasteiger partial charge in [-0.05, 0) is 60.5 Å². The number of aromatic hydroxyl groups is 1. The van der Waals surface area contributed by atoms with Gasteiger partial charge in [-0.2, -0.15) is 0 Å². The number of imidazole rings is 1. The van der Waals surface area contributed by atoms with Gasteiger partial charge in [0.2, 0.25) is 11.8 Å². The van der Waals surface area contributed by atoms with Crippen LogP contribution in [0.3, 0.4) is 0 Å². The van der Waals surface area contributed by atoms with Gasteiger partial charge in [0, 0.05) is 43.1 Å². The fourth-order valence-electron chi connectivity index (χ4n) is 4.91. The molecular formula is C31H34N4O5. The SMILES string of the molecule is COCCOc1ccc(-c2[nH]c(=O)n([C@H](C(=O)Nc3ccc(N4CCC4)cc3)[C@@H](C)c3ccccc3)c2O)cc1. The van der Waals surface area contributed by atoms with Gasteiger partial charge >= 0.3 is 5.69 Å². The van der Waals surface area contributed by atoms with E-state index in [1.807, 2.05) is 61.5 Å². The zero-order valence-electron chi connectivity index (χ0n) is 22.7. The summed E-state index contributed by atoms with van der Waals surface area (Å²) in [6.45, 7) is 4.80. The third kappa shape index (κ3) is 5.74. The van der Waals surface area contributed by atoms with E-state index in [4.69, 9.17) is 9.47 Å². The zero-order valence-corrected chi connectivity index (χ0v) is 22.7. The average Bonchev–Trinajstić information content (AvgIpc) is 3.23. The predicted octanol–water partition coefficient (Wildman–Crippen LogP) is 4.77. The number of H-pyrrole nitrogens is 1. The van der Waals surface area contributed by atoms with Crippen LogP contribution in [0.25, 0.3) is 11.3 Å². The van der Waals surface area contributed by atoms with Crippen LogP contribution in [0, 0.1) is 0 Å². The van der Waals surface area contributed by atoms with Gasteiger partial charge in [-0.1, -0.05) is 37.3 Å². The van der Waals surface area contributed by atoms with Crippen LogP contribution in [-0.4, -0.2) is 54.0 Å². The number of carbonyl (C=O) groups is 1. The minimum absolute atomic E-state index is 0.227. The Bertz CT molecular complexity index is 1480. The van der Waals surface area contributed by atoms with Gasteiger partial charge in [0.05, 0.1) is 6.61 Å². The summed E-state index contributed by atoms with van der Waals surface area (Å²) in [5, 5.41) is 14.3. The second-order valence-corrected chi connectivity index (χ2v) is 9.89. The first-order valence-corrected chi connectivity index (χ1v) is 13.4. The number of methoxy groups -OCH3 is 1. The van der Waals surface area contributed by atoms with E-state index in [-0.39, 0.29) is 11.6 Å². The lowest BCUT2D eigenvalue weighted by Crippen LogP contribution is -2.37. The van der Waals surface area contributed by atoms with Gasteiger partial charge in [0.25, 0.3) is 0 Å². The fourth-order valence-corrected chi connectivity index (χ4v) is 4.91. The van der Waals surface area contributed by atoms with Crippen molar-refractivity contribution in [2.75, 3.05) is 43.6 Å². The highest BCUT2D eigenvalue weighted by Crippen LogP contribution is 2.36. The minimum atomic E-state index is -1.02. The van der Waals surface area contributed by atoms with Crippen LogP contribution in [0.5, 0.6) is 11.6 Å². The van der Waals surface area contributed by atoms with Gasteiger partial charge < -0.3 is 29.8 Å². The Morgan fingerprint density at radius 2 is 1.70 bits per heavy atom. The molecule has 2 heterocycles. The van der Waals surface area contributed by atoms with E-state index in [2.05, 4.69) is 15.2 Å². The van der Waals surface area contributed by atoms with Gasteiger partial charge in [0.1, 0.15) is 24.1 Å². The molecule has 0 spiro atoms. The smallest absolute Gasteiger partial charge is 0.329 e. The van der Waals surface area contributed by atoms with Crippen molar-refractivity contribution in [2.24, 2.45) is 0 Å². The van der Waals surface area contributed by atoms with Crippen molar-refractivity contribution in [3.8, 4) is 22.9 Å². The topological polar surface area (TPSA) is 109 Å². The van der Waals surface area contributed by atoms with Crippen molar-refractivity contribution in [3.05, 3.63) is 94.9 Å². The Morgan fingerprint density at radius 3 is 2.33 bits per heavy atom. The highest BCUT2D eigenvalue weighted by atomic mass is 16.5. The van der Waals surface area contributed by atoms with Gasteiger partial charge in [-0.25, -0.2) is 9.36 Å². The number of ether oxygens (including phenoxy) is 2. The van der Waals surface area contributed by atoms with E-state index in [9.17, 15) is 14.7 Å². The second kappa shape index (κ2) is 12.1. The Labute approximate surface area is 233 Å². The Hall–Kier alpha value is -4.50. The van der Waals surface area contributed by atoms with Crippen molar-refractivity contribution in [2.45, 2.75) is 25.3 Å². The maximum atomic E-state index is 13.8. The normalized spacial score (nSPS) is 14.3. The molecule has 0 radical (unpaired) electrons. The first kappa shape index (κ1) is 27.1. The summed E-state index contributed by atoms with van der Waals surface area (Å²) in [5.41, 5.74) is 2.82. The number of hydrogen-bond donors (Lipinski definition) is 3. The zero-order chi connectivity index (χ0) is 28.1. The molecule has 9 nitrogen and oxygen atoms in total. The highest BCUT2D eigenvalue weighted by Gasteiger charge is 2.33. The first-order chi connectivity index (χ1) is 19.5. The van der Waals surface area contributed by atoms with E-state index in [1.165, 1.54) is 6.42 Å². The first-order valence-electron chi connectivity index (χ1n) is 13.4. The van der Waals surface area contributed by atoms with E-state index in [1.54, 1.807) is 31.4 Å². The molecule has 0 saturated carbocycles. The van der Waals surface area contributed by atoms with Crippen molar-refractivity contribution in [1.29, 1.82) is 0 Å². The highest BCUT2D eigenvalue weighted by molar-refractivity contribution is 5.95. The molecule has 3 aromatic carbocycles. The molecule has 1 amide bonds. The van der Waals surface area contributed by atoms with E-state index in [0.29, 0.717) is 30.2 Å². The molecule has 4 aromatic rings. The van der Waals surface area contributed by atoms with Gasteiger partial charge in [-0.15, -0.1) is 0 Å². The minimum Gasteiger partial charge on any atom is -0.493 e. The van der Waals surface area contributed by atoms with E-state index in [0.717, 1.165) is 28.9 Å². The number of nitrogens with one attached hydrogen (secondary N) is 2. The number of carbonyl (C=O) groups excluding carboxylic acids is 1. The number of rotatable bonds is 11. The van der Waals surface area contributed by atoms with E-state index >= 15 is 0 Å². The number of anilines is 2. The summed E-state index contributed by atoms with van der Waals surface area (Å²) in [6.07, 6.45) is 1.18. The van der Waals surface area contributed by atoms with Crippen LogP contribution in [0.15, 0.2) is 83.7 Å². The van der Waals surface area contributed by atoms with Crippen LogP contribution in [0.2, 0.25) is 0 Å². The lowest BCUT2D eigenvalue weighted by Gasteiger charge is -2.33. The molecule has 208 valence electrons. The molecule has 40 heavy (non-hydrogen) atoms. The molecule has 3 N–H and O–H groups in total. The number of aromatic amines is 1. The molecule has 1 aliphatic heterocycles. The maximum absolute atomic E-state index is 13.8. The Kier molecular flexibility index (Phi) is 8.21. The molecule has 5 rings (SSSR count). The average molecular weight is 543 g/mol. The summed E-state index contributed by atoms with van der Waals surface area (Å²) < 4.78 is 11.8. The van der Waals surface area contributed by atoms with E-state index < -0.39 is 23.6 Å². The summed E-state index contributed by atoms with van der Waals surface area (Å²) in [6, 6.07) is 23.1. The molecule has 1 aliphatic rings. The van der Waals surface area contributed by atoms with Crippen LogP contribution in [0.4, 0.5) is 11.4 Å². The molecule has 1 saturated heterocycles. The molecule has 1 fully saturated rings. The summed E-state index contributed by atoms with van der Waals surface area (Å²) in [4.78, 5) is 32.1. The van der Waals surface area contributed by atoms with Crippen LogP contribution in [-0.2, 0) is 9.53 Å². The third-order valence-electron chi connectivity index (χ3n) is 7.30. The number of hydrogen-bond acceptors (Lipinski definition) is 6. The molecule has 0 unspecified atom stereocenters. The largest absolute Gasteiger partial charge is 0.493 e. The Morgan fingerprint density at radius 1 is 1.00 bits per heavy atom. The maximum Gasteiger partial charge on any atom is 0.329 e. The molecule has 9 heteroatoms. The lowest BCUT2D eigenvalue weighted by molar-refractivity contribution is -0.120. The monoisotopic (exact) mass is 542 g/mol. The number of benzene rings is 3. The molecule has 2 atom stereocenters. The number of nitrogens with zero attached hydrogens (tertiary/aromatic N) is 2. The molecular weight excluding hydrogens is 508 g/mol. The summed E-state index contributed by atoms with van der Waals surface area (Å²) in [7, 11) is 1.60. The Balaban J connectivity index is 1.45. The molecule has 0 bridgehead atoms. The van der Waals surface area contributed by atoms with Crippen molar-refractivity contribution in [1.82, 2.24) is 9.55 Å². The summed E-state index contributed by atoms with van der Waals surface area (Å²) in [5.74, 6) is -0.505. The molecule has 0 aliphatic carbocycles. The van der Waals surface area contributed by atoms with Crippen LogP contribution >= 0.6 is 0 Å². The predicted molar refractivity (Wildman–Crippen MR) is 155 cm³/mol. The molecule has 1 aromatic heterocycles. The number of aromatic nitrogens is 2. The van der Waals surface area contributed by atoms with Gasteiger partial charge in [0.15, 0.2) is 0 Å². The van der Waals surface area contributed by atoms with Crippen LogP contribution < -0.4 is 20.6 Å². The second-order valence-electron chi connectivity index (χ2n) is 9.89. The lowest BCUT2D eigenvalue weighted by atomic mass is 9.92. The van der Waals surface area contributed by atoms with Crippen LogP contribution in [0.1, 0.15) is 30.9 Å². The van der Waals surface area contributed by atoms with Crippen molar-refractivity contribution in [3.63, 3.8) is 0 Å². The quantitative estimate of drug-likeness (QED) is 0.236. The van der Waals surface area contributed by atoms with Crippen molar-refractivity contribution >= 4 is 17.3 Å². The standard InChI is InChI=1S/C31H34N4O5/c1-21(22-7-4-3-5-8-22)28(29(36)32-24-11-13-25(14-12-24)34-17-6-18-34)35-30(37)27(33-31(35)38)23-9-15-26(16-10-23)40-20-19-39-2/h3-5,7-16,21,28,37H,6,17-20H2,1-2H3,(H,32,36)(H,33,38)/t21-,28-/m0/s1.